The number of benzene rings is 1. The van der Waals surface area contributed by atoms with Crippen molar-refractivity contribution in [2.24, 2.45) is 5.92 Å². The second kappa shape index (κ2) is 4.64. The van der Waals surface area contributed by atoms with Gasteiger partial charge in [-0.05, 0) is 34.1 Å². The van der Waals surface area contributed by atoms with E-state index in [0.717, 1.165) is 12.1 Å². The first-order valence-electron chi connectivity index (χ1n) is 5.01. The molecule has 0 aromatic heterocycles. The van der Waals surface area contributed by atoms with Crippen LogP contribution >= 0.6 is 15.9 Å². The molecule has 1 aliphatic rings. The fourth-order valence-electron chi connectivity index (χ4n) is 1.66. The van der Waals surface area contributed by atoms with Gasteiger partial charge in [-0.2, -0.15) is 4.31 Å². The second-order valence-corrected chi connectivity index (χ2v) is 6.71. The molecule has 0 unspecified atom stereocenters. The van der Waals surface area contributed by atoms with E-state index < -0.39 is 15.8 Å². The lowest BCUT2D eigenvalue weighted by Crippen LogP contribution is -2.51. The van der Waals surface area contributed by atoms with Gasteiger partial charge in [-0.3, -0.25) is 0 Å². The average molecular weight is 324 g/mol. The van der Waals surface area contributed by atoms with Gasteiger partial charge >= 0.3 is 0 Å². The van der Waals surface area contributed by atoms with Crippen LogP contribution in [0.15, 0.2) is 27.6 Å². The Hall–Kier alpha value is -0.500. The number of aliphatic hydroxyl groups is 1. The van der Waals surface area contributed by atoms with Crippen molar-refractivity contribution in [2.45, 2.75) is 4.90 Å². The molecule has 1 aromatic rings. The molecule has 1 aliphatic heterocycles. The van der Waals surface area contributed by atoms with Gasteiger partial charge in [0.1, 0.15) is 5.82 Å². The van der Waals surface area contributed by atoms with E-state index in [1.54, 1.807) is 0 Å². The number of halogens is 2. The summed E-state index contributed by atoms with van der Waals surface area (Å²) in [5.74, 6) is -0.489. The molecule has 0 spiro atoms. The molecule has 1 saturated heterocycles. The molecule has 2 rings (SSSR count). The van der Waals surface area contributed by atoms with Crippen LogP contribution < -0.4 is 0 Å². The Kier molecular flexibility index (Phi) is 3.53. The summed E-state index contributed by atoms with van der Waals surface area (Å²) in [6, 6.07) is 3.47. The first kappa shape index (κ1) is 12.9. The molecular formula is C10H11BrFNO3S. The highest BCUT2D eigenvalue weighted by atomic mass is 79.9. The van der Waals surface area contributed by atoms with E-state index in [1.807, 2.05) is 0 Å². The highest BCUT2D eigenvalue weighted by molar-refractivity contribution is 9.10. The van der Waals surface area contributed by atoms with Gasteiger partial charge in [-0.25, -0.2) is 12.8 Å². The van der Waals surface area contributed by atoms with Crippen LogP contribution in [0.5, 0.6) is 0 Å². The summed E-state index contributed by atoms with van der Waals surface area (Å²) in [6.45, 7) is 0.599. The molecule has 4 nitrogen and oxygen atoms in total. The molecule has 0 aliphatic carbocycles. The van der Waals surface area contributed by atoms with Gasteiger partial charge in [0.15, 0.2) is 0 Å². The van der Waals surface area contributed by atoms with Crippen molar-refractivity contribution in [3.8, 4) is 0 Å². The molecule has 0 atom stereocenters. The van der Waals surface area contributed by atoms with E-state index in [2.05, 4.69) is 15.9 Å². The van der Waals surface area contributed by atoms with Crippen LogP contribution in [-0.4, -0.2) is 37.5 Å². The van der Waals surface area contributed by atoms with Crippen molar-refractivity contribution in [1.82, 2.24) is 4.31 Å². The molecule has 7 heteroatoms. The van der Waals surface area contributed by atoms with E-state index in [9.17, 15) is 12.8 Å². The standard InChI is InChI=1S/C10H11BrFNO3S/c11-9-3-8(12)1-2-10(9)17(15,16)13-4-7(5-13)6-14/h1-3,7,14H,4-6H2. The van der Waals surface area contributed by atoms with Gasteiger partial charge in [-0.1, -0.05) is 0 Å². The zero-order valence-electron chi connectivity index (χ0n) is 8.81. The lowest BCUT2D eigenvalue weighted by atomic mass is 10.1. The van der Waals surface area contributed by atoms with Crippen molar-refractivity contribution in [3.63, 3.8) is 0 Å². The van der Waals surface area contributed by atoms with Crippen molar-refractivity contribution in [3.05, 3.63) is 28.5 Å². The minimum absolute atomic E-state index is 0.00370. The van der Waals surface area contributed by atoms with Gasteiger partial charge in [0.2, 0.25) is 10.0 Å². The van der Waals surface area contributed by atoms with Gasteiger partial charge in [0, 0.05) is 30.1 Å². The smallest absolute Gasteiger partial charge is 0.244 e. The van der Waals surface area contributed by atoms with Crippen molar-refractivity contribution in [2.75, 3.05) is 19.7 Å². The van der Waals surface area contributed by atoms with Gasteiger partial charge in [0.25, 0.3) is 0 Å². The second-order valence-electron chi connectivity index (χ2n) is 3.95. The lowest BCUT2D eigenvalue weighted by Gasteiger charge is -2.37. The molecule has 1 N–H and O–H groups in total. The molecule has 0 bridgehead atoms. The highest BCUT2D eigenvalue weighted by Gasteiger charge is 2.37. The molecule has 0 saturated carbocycles. The van der Waals surface area contributed by atoms with Crippen LogP contribution in [0.4, 0.5) is 4.39 Å². The summed E-state index contributed by atoms with van der Waals surface area (Å²) in [5, 5.41) is 8.85. The normalized spacial score (nSPS) is 18.1. The molecule has 0 amide bonds. The summed E-state index contributed by atoms with van der Waals surface area (Å²) in [5.41, 5.74) is 0. The topological polar surface area (TPSA) is 57.6 Å². The summed E-state index contributed by atoms with van der Waals surface area (Å²) in [6.07, 6.45) is 0. The third kappa shape index (κ3) is 2.37. The molecule has 94 valence electrons. The SMILES string of the molecule is O=S(=O)(c1ccc(F)cc1Br)N1CC(CO)C1. The van der Waals surface area contributed by atoms with Crippen LogP contribution in [0.3, 0.4) is 0 Å². The first-order valence-corrected chi connectivity index (χ1v) is 7.24. The van der Waals surface area contributed by atoms with Crippen molar-refractivity contribution >= 4 is 26.0 Å². The third-order valence-electron chi connectivity index (χ3n) is 2.69. The Labute approximate surface area is 107 Å². The predicted octanol–water partition coefficient (Wildman–Crippen LogP) is 1.20. The van der Waals surface area contributed by atoms with E-state index in [1.165, 1.54) is 10.4 Å². The maximum atomic E-state index is 12.9. The predicted molar refractivity (Wildman–Crippen MR) is 63.4 cm³/mol. The molecule has 1 fully saturated rings. The van der Waals surface area contributed by atoms with E-state index in [0.29, 0.717) is 13.1 Å². The quantitative estimate of drug-likeness (QED) is 0.909. The number of sulfonamides is 1. The van der Waals surface area contributed by atoms with Crippen LogP contribution in [0, 0.1) is 11.7 Å². The lowest BCUT2D eigenvalue weighted by molar-refractivity contribution is 0.117. The molecule has 0 radical (unpaired) electrons. The Morgan fingerprint density at radius 2 is 2.12 bits per heavy atom. The van der Waals surface area contributed by atoms with Gasteiger partial charge in [0.05, 0.1) is 4.90 Å². The highest BCUT2D eigenvalue weighted by Crippen LogP contribution is 2.29. The number of hydrogen-bond acceptors (Lipinski definition) is 3. The summed E-state index contributed by atoms with van der Waals surface area (Å²) >= 11 is 3.04. The minimum atomic E-state index is -3.58. The summed E-state index contributed by atoms with van der Waals surface area (Å²) in [4.78, 5) is 0.0512. The number of hydrogen-bond donors (Lipinski definition) is 1. The van der Waals surface area contributed by atoms with Crippen LogP contribution in [-0.2, 0) is 10.0 Å². The van der Waals surface area contributed by atoms with Crippen LogP contribution in [0.1, 0.15) is 0 Å². The maximum absolute atomic E-state index is 12.9. The fourth-order valence-corrected chi connectivity index (χ4v) is 4.26. The monoisotopic (exact) mass is 323 g/mol. The summed E-state index contributed by atoms with van der Waals surface area (Å²) in [7, 11) is -3.58. The number of nitrogens with zero attached hydrogens (tertiary/aromatic N) is 1. The van der Waals surface area contributed by atoms with Crippen LogP contribution in [0.25, 0.3) is 0 Å². The Bertz CT molecular complexity index is 528. The Balaban J connectivity index is 2.27. The first-order chi connectivity index (χ1) is 7.95. The van der Waals surface area contributed by atoms with Crippen molar-refractivity contribution in [1.29, 1.82) is 0 Å². The average Bonchev–Trinajstić information content (AvgIpc) is 2.14. The number of rotatable bonds is 3. The van der Waals surface area contributed by atoms with Gasteiger partial charge < -0.3 is 5.11 Å². The molecular weight excluding hydrogens is 313 g/mol. The van der Waals surface area contributed by atoms with Crippen LogP contribution in [0.2, 0.25) is 0 Å². The van der Waals surface area contributed by atoms with E-state index >= 15 is 0 Å². The van der Waals surface area contributed by atoms with Crippen molar-refractivity contribution < 1.29 is 17.9 Å². The van der Waals surface area contributed by atoms with E-state index in [-0.39, 0.29) is 21.9 Å². The zero-order chi connectivity index (χ0) is 12.6. The molecule has 17 heavy (non-hydrogen) atoms. The maximum Gasteiger partial charge on any atom is 0.244 e. The molecule has 1 aromatic carbocycles. The zero-order valence-corrected chi connectivity index (χ0v) is 11.2. The third-order valence-corrected chi connectivity index (χ3v) is 5.50. The largest absolute Gasteiger partial charge is 0.396 e. The number of aliphatic hydroxyl groups excluding tert-OH is 1. The molecule has 1 heterocycles. The fraction of sp³-hybridized carbons (Fsp3) is 0.400. The Morgan fingerprint density at radius 3 is 2.65 bits per heavy atom. The van der Waals surface area contributed by atoms with Gasteiger partial charge in [-0.15, -0.1) is 0 Å². The summed E-state index contributed by atoms with van der Waals surface area (Å²) < 4.78 is 38.6. The minimum Gasteiger partial charge on any atom is -0.396 e. The Morgan fingerprint density at radius 1 is 1.47 bits per heavy atom. The van der Waals surface area contributed by atoms with E-state index in [4.69, 9.17) is 5.11 Å².